The number of morpholine rings is 1. The van der Waals surface area contributed by atoms with Gasteiger partial charge in [0.05, 0.1) is 31.8 Å². The Morgan fingerprint density at radius 1 is 0.931 bits per heavy atom. The molecule has 2 aliphatic heterocycles. The van der Waals surface area contributed by atoms with E-state index in [-0.39, 0.29) is 23.5 Å². The number of carbonyl (C=O) groups is 3. The number of hydrogen-bond donors (Lipinski definition) is 0. The van der Waals surface area contributed by atoms with E-state index in [0.29, 0.717) is 69.5 Å². The first-order valence-corrected chi connectivity index (χ1v) is 10.9. The maximum absolute atomic E-state index is 12.7. The molecule has 0 unspecified atom stereocenters. The molecular formula is C20H27N3O5S. The molecule has 0 spiro atoms. The van der Waals surface area contributed by atoms with E-state index in [0.717, 1.165) is 0 Å². The van der Waals surface area contributed by atoms with E-state index in [1.165, 1.54) is 11.8 Å². The number of carbonyl (C=O) groups excluding carboxylic acids is 3. The fourth-order valence-electron chi connectivity index (χ4n) is 3.32. The zero-order valence-electron chi connectivity index (χ0n) is 16.7. The summed E-state index contributed by atoms with van der Waals surface area (Å²) in [6.45, 7) is 4.41. The molecule has 8 nitrogen and oxygen atoms in total. The van der Waals surface area contributed by atoms with Gasteiger partial charge in [0.25, 0.3) is 5.91 Å². The van der Waals surface area contributed by atoms with Gasteiger partial charge in [-0.2, -0.15) is 0 Å². The molecule has 29 heavy (non-hydrogen) atoms. The van der Waals surface area contributed by atoms with Crippen molar-refractivity contribution in [2.45, 2.75) is 0 Å². The van der Waals surface area contributed by atoms with Crippen molar-refractivity contribution in [2.24, 2.45) is 0 Å². The molecular weight excluding hydrogens is 394 g/mol. The summed E-state index contributed by atoms with van der Waals surface area (Å²) < 4.78 is 10.4. The first kappa shape index (κ1) is 21.4. The maximum Gasteiger partial charge on any atom is 0.254 e. The molecule has 3 amide bonds. The third kappa shape index (κ3) is 5.86. The number of amides is 3. The number of piperazine rings is 1. The molecule has 2 aliphatic rings. The highest BCUT2D eigenvalue weighted by Gasteiger charge is 2.25. The maximum atomic E-state index is 12.7. The summed E-state index contributed by atoms with van der Waals surface area (Å²) in [6.07, 6.45) is 0. The third-order valence-corrected chi connectivity index (χ3v) is 5.95. The standard InChI is InChI=1S/C20H27N3O5S/c1-27-17-4-2-3-16(13-17)20(26)23-7-5-21(6-8-23)18(24)14-29-15-19(25)22-9-11-28-12-10-22/h2-4,13H,5-12,14-15H2,1H3. The van der Waals surface area contributed by atoms with Crippen LogP contribution in [0.15, 0.2) is 24.3 Å². The summed E-state index contributed by atoms with van der Waals surface area (Å²) in [4.78, 5) is 42.5. The topological polar surface area (TPSA) is 79.4 Å². The van der Waals surface area contributed by atoms with Crippen LogP contribution in [0, 0.1) is 0 Å². The monoisotopic (exact) mass is 421 g/mol. The van der Waals surface area contributed by atoms with E-state index in [1.54, 1.807) is 46.1 Å². The summed E-state index contributed by atoms with van der Waals surface area (Å²) >= 11 is 1.35. The molecule has 2 fully saturated rings. The SMILES string of the molecule is COc1cccc(C(=O)N2CCN(C(=O)CSCC(=O)N3CCOCC3)CC2)c1. The largest absolute Gasteiger partial charge is 0.497 e. The lowest BCUT2D eigenvalue weighted by Crippen LogP contribution is -2.51. The predicted octanol–water partition coefficient (Wildman–Crippen LogP) is 0.572. The number of hydrogen-bond acceptors (Lipinski definition) is 6. The Balaban J connectivity index is 1.39. The first-order valence-electron chi connectivity index (χ1n) is 9.73. The zero-order chi connectivity index (χ0) is 20.6. The van der Waals surface area contributed by atoms with Gasteiger partial charge in [-0.1, -0.05) is 6.07 Å². The van der Waals surface area contributed by atoms with Gasteiger partial charge in [-0.25, -0.2) is 0 Å². The highest BCUT2D eigenvalue weighted by atomic mass is 32.2. The highest BCUT2D eigenvalue weighted by Crippen LogP contribution is 2.16. The number of rotatable bonds is 6. The molecule has 0 radical (unpaired) electrons. The van der Waals surface area contributed by atoms with Crippen molar-refractivity contribution in [3.63, 3.8) is 0 Å². The van der Waals surface area contributed by atoms with Crippen LogP contribution in [-0.4, -0.2) is 104 Å². The van der Waals surface area contributed by atoms with Crippen LogP contribution in [-0.2, 0) is 14.3 Å². The molecule has 0 saturated carbocycles. The molecule has 158 valence electrons. The van der Waals surface area contributed by atoms with Gasteiger partial charge in [-0.15, -0.1) is 11.8 Å². The van der Waals surface area contributed by atoms with Crippen molar-refractivity contribution in [1.29, 1.82) is 0 Å². The second kappa shape index (κ2) is 10.5. The Labute approximate surface area is 175 Å². The molecule has 9 heteroatoms. The molecule has 2 saturated heterocycles. The van der Waals surface area contributed by atoms with E-state index >= 15 is 0 Å². The smallest absolute Gasteiger partial charge is 0.254 e. The quantitative estimate of drug-likeness (QED) is 0.668. The minimum absolute atomic E-state index is 0.0123. The molecule has 0 atom stereocenters. The average molecular weight is 422 g/mol. The minimum Gasteiger partial charge on any atom is -0.497 e. The van der Waals surface area contributed by atoms with Crippen LogP contribution in [0.1, 0.15) is 10.4 Å². The van der Waals surface area contributed by atoms with Crippen molar-refractivity contribution in [2.75, 3.05) is 71.1 Å². The predicted molar refractivity (Wildman–Crippen MR) is 110 cm³/mol. The highest BCUT2D eigenvalue weighted by molar-refractivity contribution is 8.00. The van der Waals surface area contributed by atoms with E-state index in [4.69, 9.17) is 9.47 Å². The van der Waals surface area contributed by atoms with Crippen molar-refractivity contribution >= 4 is 29.5 Å². The lowest BCUT2D eigenvalue weighted by Gasteiger charge is -2.35. The second-order valence-corrected chi connectivity index (χ2v) is 7.88. The Morgan fingerprint density at radius 2 is 1.52 bits per heavy atom. The summed E-state index contributed by atoms with van der Waals surface area (Å²) in [5.41, 5.74) is 0.585. The van der Waals surface area contributed by atoms with Crippen molar-refractivity contribution < 1.29 is 23.9 Å². The third-order valence-electron chi connectivity index (χ3n) is 5.05. The second-order valence-electron chi connectivity index (χ2n) is 6.89. The van der Waals surface area contributed by atoms with Crippen LogP contribution in [0.3, 0.4) is 0 Å². The fourth-order valence-corrected chi connectivity index (χ4v) is 4.14. The van der Waals surface area contributed by atoms with Gasteiger partial charge in [0.2, 0.25) is 11.8 Å². The Hall–Kier alpha value is -2.26. The molecule has 3 rings (SSSR count). The average Bonchev–Trinajstić information content (AvgIpc) is 2.79. The Bertz CT molecular complexity index is 731. The summed E-state index contributed by atoms with van der Waals surface area (Å²) in [7, 11) is 1.57. The van der Waals surface area contributed by atoms with Gasteiger partial charge in [0, 0.05) is 44.8 Å². The van der Waals surface area contributed by atoms with Crippen LogP contribution in [0.4, 0.5) is 0 Å². The van der Waals surface area contributed by atoms with Gasteiger partial charge >= 0.3 is 0 Å². The first-order chi connectivity index (χ1) is 14.1. The van der Waals surface area contributed by atoms with Gasteiger partial charge in [-0.05, 0) is 18.2 Å². The van der Waals surface area contributed by atoms with Crippen LogP contribution in [0.5, 0.6) is 5.75 Å². The lowest BCUT2D eigenvalue weighted by molar-refractivity contribution is -0.132. The Morgan fingerprint density at radius 3 is 2.14 bits per heavy atom. The van der Waals surface area contributed by atoms with Crippen molar-refractivity contribution in [1.82, 2.24) is 14.7 Å². The van der Waals surface area contributed by atoms with E-state index in [2.05, 4.69) is 0 Å². The van der Waals surface area contributed by atoms with E-state index in [9.17, 15) is 14.4 Å². The normalized spacial score (nSPS) is 17.2. The van der Waals surface area contributed by atoms with E-state index in [1.807, 2.05) is 0 Å². The Kier molecular flexibility index (Phi) is 7.76. The van der Waals surface area contributed by atoms with Gasteiger partial charge in [0.15, 0.2) is 0 Å². The van der Waals surface area contributed by atoms with Crippen molar-refractivity contribution in [3.05, 3.63) is 29.8 Å². The molecule has 0 N–H and O–H groups in total. The summed E-state index contributed by atoms with van der Waals surface area (Å²) in [5, 5.41) is 0. The van der Waals surface area contributed by atoms with Crippen LogP contribution in [0.2, 0.25) is 0 Å². The van der Waals surface area contributed by atoms with Gasteiger partial charge in [-0.3, -0.25) is 14.4 Å². The number of methoxy groups -OCH3 is 1. The fraction of sp³-hybridized carbons (Fsp3) is 0.550. The number of nitrogens with zero attached hydrogens (tertiary/aromatic N) is 3. The number of thioether (sulfide) groups is 1. The number of benzene rings is 1. The molecule has 0 bridgehead atoms. The van der Waals surface area contributed by atoms with Crippen molar-refractivity contribution in [3.8, 4) is 5.75 Å². The summed E-state index contributed by atoms with van der Waals surface area (Å²) in [5.74, 6) is 1.24. The minimum atomic E-state index is -0.0542. The molecule has 1 aromatic carbocycles. The zero-order valence-corrected chi connectivity index (χ0v) is 17.5. The van der Waals surface area contributed by atoms with Gasteiger partial charge < -0.3 is 24.2 Å². The van der Waals surface area contributed by atoms with Gasteiger partial charge in [0.1, 0.15) is 5.75 Å². The van der Waals surface area contributed by atoms with E-state index < -0.39 is 0 Å². The van der Waals surface area contributed by atoms with Crippen LogP contribution >= 0.6 is 11.8 Å². The molecule has 0 aromatic heterocycles. The summed E-state index contributed by atoms with van der Waals surface area (Å²) in [6, 6.07) is 7.09. The van der Waals surface area contributed by atoms with Crippen LogP contribution < -0.4 is 4.74 Å². The molecule has 1 aromatic rings. The molecule has 0 aliphatic carbocycles. The molecule has 2 heterocycles. The number of ether oxygens (including phenoxy) is 2. The van der Waals surface area contributed by atoms with Crippen LogP contribution in [0.25, 0.3) is 0 Å². The lowest BCUT2D eigenvalue weighted by atomic mass is 10.1.